The van der Waals surface area contributed by atoms with E-state index in [9.17, 15) is 8.42 Å². The number of benzene rings is 1. The minimum absolute atomic E-state index is 0.0925. The highest BCUT2D eigenvalue weighted by molar-refractivity contribution is 7.89. The zero-order valence-electron chi connectivity index (χ0n) is 12.5. The predicted molar refractivity (Wildman–Crippen MR) is 82.1 cm³/mol. The van der Waals surface area contributed by atoms with Crippen LogP contribution in [-0.2, 0) is 10.0 Å². The molecule has 5 heteroatoms. The molecule has 0 heterocycles. The van der Waals surface area contributed by atoms with Gasteiger partial charge in [-0.3, -0.25) is 0 Å². The lowest BCUT2D eigenvalue weighted by atomic mass is 9.89. The molecular weight excluding hydrogens is 272 g/mol. The number of anilines is 1. The molecule has 4 nitrogen and oxygen atoms in total. The average molecular weight is 296 g/mol. The van der Waals surface area contributed by atoms with Gasteiger partial charge >= 0.3 is 0 Å². The molecule has 1 saturated carbocycles. The van der Waals surface area contributed by atoms with Gasteiger partial charge in [-0.15, -0.1) is 0 Å². The van der Waals surface area contributed by atoms with Crippen molar-refractivity contribution in [1.29, 1.82) is 0 Å². The van der Waals surface area contributed by atoms with E-state index in [1.54, 1.807) is 26.0 Å². The van der Waals surface area contributed by atoms with Gasteiger partial charge in [-0.2, -0.15) is 0 Å². The SMILES string of the molecule is Cc1ccc(N)c(C)c1S(=O)(=O)NCC1(C)CCCC1. The lowest BCUT2D eigenvalue weighted by Crippen LogP contribution is -2.34. The van der Waals surface area contributed by atoms with Gasteiger partial charge in [0.1, 0.15) is 0 Å². The summed E-state index contributed by atoms with van der Waals surface area (Å²) in [5.41, 5.74) is 7.82. The van der Waals surface area contributed by atoms with Crippen LogP contribution in [0, 0.1) is 19.3 Å². The molecule has 0 aromatic heterocycles. The second-order valence-electron chi connectivity index (χ2n) is 6.27. The van der Waals surface area contributed by atoms with Crippen molar-refractivity contribution in [2.75, 3.05) is 12.3 Å². The van der Waals surface area contributed by atoms with Crippen molar-refractivity contribution in [2.45, 2.75) is 51.3 Å². The van der Waals surface area contributed by atoms with Gasteiger partial charge in [-0.05, 0) is 49.3 Å². The van der Waals surface area contributed by atoms with Gasteiger partial charge < -0.3 is 5.73 Å². The highest BCUT2D eigenvalue weighted by Crippen LogP contribution is 2.37. The maximum atomic E-state index is 12.6. The molecule has 1 aliphatic rings. The summed E-state index contributed by atoms with van der Waals surface area (Å²) in [7, 11) is -3.50. The first kappa shape index (κ1) is 15.3. The number of sulfonamides is 1. The van der Waals surface area contributed by atoms with Gasteiger partial charge in [0.05, 0.1) is 4.90 Å². The Balaban J connectivity index is 2.25. The molecule has 20 heavy (non-hydrogen) atoms. The average Bonchev–Trinajstić information content (AvgIpc) is 2.80. The zero-order chi connectivity index (χ0) is 15.0. The summed E-state index contributed by atoms with van der Waals surface area (Å²) < 4.78 is 27.9. The largest absolute Gasteiger partial charge is 0.398 e. The Bertz CT molecular complexity index is 603. The predicted octanol–water partition coefficient (Wildman–Crippen LogP) is 2.74. The third kappa shape index (κ3) is 2.99. The molecular formula is C15H24N2O2S. The standard InChI is InChI=1S/C15H24N2O2S/c1-11-6-7-13(16)12(2)14(11)20(18,19)17-10-15(3)8-4-5-9-15/h6-7,17H,4-5,8-10,16H2,1-3H3. The molecule has 1 aliphatic carbocycles. The van der Waals surface area contributed by atoms with Gasteiger partial charge in [0, 0.05) is 12.2 Å². The van der Waals surface area contributed by atoms with E-state index in [1.807, 2.05) is 0 Å². The third-order valence-corrected chi connectivity index (χ3v) is 6.10. The molecule has 2 rings (SSSR count). The number of nitrogens with one attached hydrogen (secondary N) is 1. The van der Waals surface area contributed by atoms with Gasteiger partial charge in [0.15, 0.2) is 0 Å². The zero-order valence-corrected chi connectivity index (χ0v) is 13.3. The van der Waals surface area contributed by atoms with Gasteiger partial charge in [0.2, 0.25) is 10.0 Å². The Kier molecular flexibility index (Phi) is 4.12. The van der Waals surface area contributed by atoms with Crippen LogP contribution < -0.4 is 10.5 Å². The van der Waals surface area contributed by atoms with Crippen LogP contribution in [-0.4, -0.2) is 15.0 Å². The van der Waals surface area contributed by atoms with Crippen molar-refractivity contribution in [3.63, 3.8) is 0 Å². The van der Waals surface area contributed by atoms with E-state index in [4.69, 9.17) is 5.73 Å². The number of aryl methyl sites for hydroxylation is 1. The number of hydrogen-bond donors (Lipinski definition) is 2. The molecule has 112 valence electrons. The van der Waals surface area contributed by atoms with Crippen molar-refractivity contribution in [2.24, 2.45) is 5.41 Å². The van der Waals surface area contributed by atoms with Gasteiger partial charge in [0.25, 0.3) is 0 Å². The molecule has 1 aromatic carbocycles. The molecule has 3 N–H and O–H groups in total. The quantitative estimate of drug-likeness (QED) is 0.839. The first-order valence-electron chi connectivity index (χ1n) is 7.11. The summed E-state index contributed by atoms with van der Waals surface area (Å²) in [6.07, 6.45) is 4.55. The molecule has 0 bridgehead atoms. The van der Waals surface area contributed by atoms with Crippen LogP contribution in [0.15, 0.2) is 17.0 Å². The fourth-order valence-corrected chi connectivity index (χ4v) is 4.70. The molecule has 0 unspecified atom stereocenters. The summed E-state index contributed by atoms with van der Waals surface area (Å²) >= 11 is 0. The van der Waals surface area contributed by atoms with E-state index in [0.717, 1.165) is 18.4 Å². The number of nitrogens with two attached hydrogens (primary N) is 1. The van der Waals surface area contributed by atoms with Crippen LogP contribution in [0.1, 0.15) is 43.7 Å². The Morgan fingerprint density at radius 2 is 1.85 bits per heavy atom. The molecule has 1 fully saturated rings. The molecule has 0 radical (unpaired) electrons. The maximum Gasteiger partial charge on any atom is 0.241 e. The molecule has 0 atom stereocenters. The molecule has 0 aliphatic heterocycles. The first-order valence-corrected chi connectivity index (χ1v) is 8.59. The minimum atomic E-state index is -3.50. The van der Waals surface area contributed by atoms with Crippen LogP contribution in [0.25, 0.3) is 0 Å². The Labute approximate surface area is 121 Å². The van der Waals surface area contributed by atoms with Gasteiger partial charge in [-0.1, -0.05) is 25.8 Å². The Morgan fingerprint density at radius 3 is 2.45 bits per heavy atom. The summed E-state index contributed by atoms with van der Waals surface area (Å²) in [5.74, 6) is 0. The van der Waals surface area contributed by atoms with Crippen LogP contribution in [0.5, 0.6) is 0 Å². The van der Waals surface area contributed by atoms with Gasteiger partial charge in [-0.25, -0.2) is 13.1 Å². The fraction of sp³-hybridized carbons (Fsp3) is 0.600. The number of hydrogen-bond acceptors (Lipinski definition) is 3. The molecule has 0 saturated heterocycles. The third-order valence-electron chi connectivity index (χ3n) is 4.41. The smallest absolute Gasteiger partial charge is 0.241 e. The first-order chi connectivity index (χ1) is 9.25. The lowest BCUT2D eigenvalue weighted by Gasteiger charge is -2.24. The van der Waals surface area contributed by atoms with Crippen LogP contribution in [0.4, 0.5) is 5.69 Å². The highest BCUT2D eigenvalue weighted by Gasteiger charge is 2.31. The van der Waals surface area contributed by atoms with E-state index >= 15 is 0 Å². The molecule has 0 amide bonds. The highest BCUT2D eigenvalue weighted by atomic mass is 32.2. The summed E-state index contributed by atoms with van der Waals surface area (Å²) in [5, 5.41) is 0. The summed E-state index contributed by atoms with van der Waals surface area (Å²) in [4.78, 5) is 0.332. The summed E-state index contributed by atoms with van der Waals surface area (Å²) in [6.45, 7) is 6.22. The van der Waals surface area contributed by atoms with E-state index in [-0.39, 0.29) is 5.41 Å². The lowest BCUT2D eigenvalue weighted by molar-refractivity contribution is 0.336. The monoisotopic (exact) mass is 296 g/mol. The number of rotatable bonds is 4. The summed E-state index contributed by atoms with van der Waals surface area (Å²) in [6, 6.07) is 3.51. The van der Waals surface area contributed by atoms with Crippen LogP contribution in [0.2, 0.25) is 0 Å². The van der Waals surface area contributed by atoms with Crippen LogP contribution >= 0.6 is 0 Å². The molecule has 1 aromatic rings. The second-order valence-corrected chi connectivity index (χ2v) is 7.97. The maximum absolute atomic E-state index is 12.6. The van der Waals surface area contributed by atoms with Crippen molar-refractivity contribution in [3.05, 3.63) is 23.3 Å². The van der Waals surface area contributed by atoms with Crippen molar-refractivity contribution < 1.29 is 8.42 Å². The van der Waals surface area contributed by atoms with Crippen LogP contribution in [0.3, 0.4) is 0 Å². The normalized spacial score (nSPS) is 18.4. The van der Waals surface area contributed by atoms with Crippen molar-refractivity contribution in [3.8, 4) is 0 Å². The van der Waals surface area contributed by atoms with Crippen molar-refractivity contribution in [1.82, 2.24) is 4.72 Å². The van der Waals surface area contributed by atoms with Crippen molar-refractivity contribution >= 4 is 15.7 Å². The Morgan fingerprint density at radius 1 is 1.25 bits per heavy atom. The fourth-order valence-electron chi connectivity index (χ4n) is 3.00. The topological polar surface area (TPSA) is 72.2 Å². The molecule has 0 spiro atoms. The number of nitrogen functional groups attached to an aromatic ring is 1. The van der Waals surface area contributed by atoms with E-state index < -0.39 is 10.0 Å². The Hall–Kier alpha value is -1.07. The van der Waals surface area contributed by atoms with E-state index in [0.29, 0.717) is 22.7 Å². The minimum Gasteiger partial charge on any atom is -0.398 e. The van der Waals surface area contributed by atoms with E-state index in [2.05, 4.69) is 11.6 Å². The second kappa shape index (κ2) is 5.37. The van der Waals surface area contributed by atoms with E-state index in [1.165, 1.54) is 12.8 Å².